The Kier molecular flexibility index (Phi) is 4.93. The van der Waals surface area contributed by atoms with E-state index in [-0.39, 0.29) is 11.5 Å². The Hall–Kier alpha value is -0.720. The maximum Gasteiger partial charge on any atom is 0.251 e. The number of benzene rings is 1. The molecule has 0 aromatic heterocycles. The van der Waals surface area contributed by atoms with Gasteiger partial charge in [-0.2, -0.15) is 0 Å². The number of carbonyl (C=O) groups is 1. The minimum atomic E-state index is -1.00. The van der Waals surface area contributed by atoms with Crippen LogP contribution in [-0.2, 0) is 0 Å². The summed E-state index contributed by atoms with van der Waals surface area (Å²) in [7, 11) is 0. The number of nitrogens with one attached hydrogen (secondary N) is 1. The number of alkyl halides is 1. The van der Waals surface area contributed by atoms with E-state index in [0.29, 0.717) is 6.54 Å². The highest BCUT2D eigenvalue weighted by atomic mass is 127. The average Bonchev–Trinajstić information content (AvgIpc) is 2.22. The van der Waals surface area contributed by atoms with E-state index in [0.717, 1.165) is 23.0 Å². The molecule has 1 amide bonds. The highest BCUT2D eigenvalue weighted by Crippen LogP contribution is 2.08. The van der Waals surface area contributed by atoms with Crippen LogP contribution in [0.5, 0.6) is 0 Å². The van der Waals surface area contributed by atoms with Crippen molar-refractivity contribution in [2.24, 2.45) is 0 Å². The first-order chi connectivity index (χ1) is 7.15. The minimum Gasteiger partial charge on any atom is -0.352 e. The van der Waals surface area contributed by atoms with E-state index in [4.69, 9.17) is 0 Å². The zero-order chi connectivity index (χ0) is 11.3. The second-order valence-corrected chi connectivity index (χ2v) is 4.01. The molecule has 0 saturated heterocycles. The van der Waals surface area contributed by atoms with Crippen molar-refractivity contribution in [3.8, 4) is 0 Å². The number of amides is 1. The molecule has 5 heteroatoms. The van der Waals surface area contributed by atoms with Crippen molar-refractivity contribution < 1.29 is 13.6 Å². The van der Waals surface area contributed by atoms with Gasteiger partial charge in [-0.15, -0.1) is 0 Å². The topological polar surface area (TPSA) is 29.1 Å². The molecule has 0 atom stereocenters. The molecule has 0 heterocycles. The van der Waals surface area contributed by atoms with E-state index in [2.05, 4.69) is 27.9 Å². The number of hydrogen-bond donors (Lipinski definition) is 1. The molecule has 15 heavy (non-hydrogen) atoms. The van der Waals surface area contributed by atoms with Crippen LogP contribution >= 0.6 is 22.6 Å². The van der Waals surface area contributed by atoms with Crippen LogP contribution in [0.1, 0.15) is 16.8 Å². The van der Waals surface area contributed by atoms with Gasteiger partial charge in [-0.3, -0.25) is 4.79 Å². The van der Waals surface area contributed by atoms with E-state index in [1.165, 1.54) is 6.07 Å². The first-order valence-electron chi connectivity index (χ1n) is 4.44. The van der Waals surface area contributed by atoms with Crippen LogP contribution in [0.25, 0.3) is 0 Å². The van der Waals surface area contributed by atoms with Crippen molar-refractivity contribution in [2.45, 2.75) is 6.42 Å². The molecule has 2 nitrogen and oxygen atoms in total. The number of halogens is 3. The zero-order valence-electron chi connectivity index (χ0n) is 7.90. The van der Waals surface area contributed by atoms with Crippen LogP contribution in [0.15, 0.2) is 18.2 Å². The van der Waals surface area contributed by atoms with Crippen molar-refractivity contribution in [2.75, 3.05) is 11.0 Å². The minimum absolute atomic E-state index is 0.141. The smallest absolute Gasteiger partial charge is 0.251 e. The van der Waals surface area contributed by atoms with Gasteiger partial charge in [0.2, 0.25) is 0 Å². The van der Waals surface area contributed by atoms with Gasteiger partial charge in [0, 0.05) is 16.5 Å². The Labute approximate surface area is 100 Å². The quantitative estimate of drug-likeness (QED) is 0.514. The molecule has 1 aromatic carbocycles. The molecule has 82 valence electrons. The fourth-order valence-corrected chi connectivity index (χ4v) is 1.39. The molecule has 0 aliphatic rings. The average molecular weight is 325 g/mol. The second-order valence-electron chi connectivity index (χ2n) is 2.93. The standard InChI is InChI=1S/C10H10F2INO/c11-8-3-2-7(6-9(8)12)10(15)14-5-1-4-13/h2-3,6H,1,4-5H2,(H,14,15). The van der Waals surface area contributed by atoms with Crippen molar-refractivity contribution >= 4 is 28.5 Å². The lowest BCUT2D eigenvalue weighted by atomic mass is 10.2. The molecular formula is C10H10F2INO. The van der Waals surface area contributed by atoms with Gasteiger partial charge in [0.1, 0.15) is 0 Å². The lowest BCUT2D eigenvalue weighted by molar-refractivity contribution is 0.0953. The maximum atomic E-state index is 12.8. The molecule has 1 aromatic rings. The monoisotopic (exact) mass is 325 g/mol. The van der Waals surface area contributed by atoms with Crippen molar-refractivity contribution in [1.29, 1.82) is 0 Å². The number of hydrogen-bond acceptors (Lipinski definition) is 1. The molecule has 0 fully saturated rings. The third kappa shape index (κ3) is 3.73. The summed E-state index contributed by atoms with van der Waals surface area (Å²) in [6.45, 7) is 0.542. The molecule has 1 rings (SSSR count). The van der Waals surface area contributed by atoms with Crippen LogP contribution in [0.3, 0.4) is 0 Å². The van der Waals surface area contributed by atoms with Crippen LogP contribution in [-0.4, -0.2) is 16.9 Å². The van der Waals surface area contributed by atoms with Gasteiger partial charge >= 0.3 is 0 Å². The fourth-order valence-electron chi connectivity index (χ4n) is 1.01. The third-order valence-electron chi connectivity index (χ3n) is 1.78. The highest BCUT2D eigenvalue weighted by Gasteiger charge is 2.08. The van der Waals surface area contributed by atoms with Gasteiger partial charge in [-0.1, -0.05) is 22.6 Å². The fraction of sp³-hybridized carbons (Fsp3) is 0.300. The van der Waals surface area contributed by atoms with Crippen molar-refractivity contribution in [1.82, 2.24) is 5.32 Å². The lowest BCUT2D eigenvalue weighted by Crippen LogP contribution is -2.24. The normalized spacial score (nSPS) is 10.1. The van der Waals surface area contributed by atoms with Gasteiger partial charge < -0.3 is 5.32 Å². The molecule has 0 unspecified atom stereocenters. The Bertz CT molecular complexity index is 357. The van der Waals surface area contributed by atoms with Crippen LogP contribution in [0.2, 0.25) is 0 Å². The van der Waals surface area contributed by atoms with Crippen molar-refractivity contribution in [3.63, 3.8) is 0 Å². The first kappa shape index (κ1) is 12.4. The molecule has 0 spiro atoms. The largest absolute Gasteiger partial charge is 0.352 e. The Balaban J connectivity index is 2.62. The summed E-state index contributed by atoms with van der Waals surface area (Å²) in [5.74, 6) is -2.32. The Morgan fingerprint density at radius 3 is 2.67 bits per heavy atom. The molecule has 0 saturated carbocycles. The van der Waals surface area contributed by atoms with Gasteiger partial charge in [-0.25, -0.2) is 8.78 Å². The number of carbonyl (C=O) groups excluding carboxylic acids is 1. The molecule has 1 N–H and O–H groups in total. The molecular weight excluding hydrogens is 315 g/mol. The summed E-state index contributed by atoms with van der Waals surface area (Å²) in [5, 5.41) is 2.61. The van der Waals surface area contributed by atoms with Gasteiger partial charge in [0.15, 0.2) is 11.6 Å². The second kappa shape index (κ2) is 5.99. The Morgan fingerprint density at radius 2 is 2.07 bits per heavy atom. The molecule has 0 aliphatic carbocycles. The summed E-state index contributed by atoms with van der Waals surface area (Å²) in [6.07, 6.45) is 0.857. The predicted octanol–water partition coefficient (Wildman–Crippen LogP) is 2.52. The first-order valence-corrected chi connectivity index (χ1v) is 5.97. The van der Waals surface area contributed by atoms with Crippen LogP contribution in [0, 0.1) is 11.6 Å². The lowest BCUT2D eigenvalue weighted by Gasteiger charge is -2.03. The van der Waals surface area contributed by atoms with Crippen molar-refractivity contribution in [3.05, 3.63) is 35.4 Å². The molecule has 0 bridgehead atoms. The maximum absolute atomic E-state index is 12.8. The van der Waals surface area contributed by atoms with E-state index >= 15 is 0 Å². The summed E-state index contributed by atoms with van der Waals surface area (Å²) in [6, 6.07) is 3.11. The summed E-state index contributed by atoms with van der Waals surface area (Å²) >= 11 is 2.20. The molecule has 0 aliphatic heterocycles. The van der Waals surface area contributed by atoms with E-state index < -0.39 is 11.6 Å². The SMILES string of the molecule is O=C(NCCCI)c1ccc(F)c(F)c1. The Morgan fingerprint density at radius 1 is 1.33 bits per heavy atom. The third-order valence-corrected chi connectivity index (χ3v) is 2.54. The molecule has 0 radical (unpaired) electrons. The zero-order valence-corrected chi connectivity index (χ0v) is 10.1. The summed E-state index contributed by atoms with van der Waals surface area (Å²) in [5.41, 5.74) is 0.141. The van der Waals surface area contributed by atoms with Gasteiger partial charge in [0.05, 0.1) is 0 Å². The number of rotatable bonds is 4. The van der Waals surface area contributed by atoms with Crippen LogP contribution < -0.4 is 5.32 Å². The predicted molar refractivity (Wildman–Crippen MR) is 62.2 cm³/mol. The van der Waals surface area contributed by atoms with E-state index in [1.807, 2.05) is 0 Å². The van der Waals surface area contributed by atoms with Crippen LogP contribution in [0.4, 0.5) is 8.78 Å². The summed E-state index contributed by atoms with van der Waals surface area (Å²) in [4.78, 5) is 11.4. The highest BCUT2D eigenvalue weighted by molar-refractivity contribution is 14.1. The van der Waals surface area contributed by atoms with Gasteiger partial charge in [-0.05, 0) is 24.6 Å². The van der Waals surface area contributed by atoms with Gasteiger partial charge in [0.25, 0.3) is 5.91 Å². The van der Waals surface area contributed by atoms with E-state index in [1.54, 1.807) is 0 Å². The summed E-state index contributed by atoms with van der Waals surface area (Å²) < 4.78 is 26.3. The van der Waals surface area contributed by atoms with E-state index in [9.17, 15) is 13.6 Å².